The lowest BCUT2D eigenvalue weighted by Crippen LogP contribution is -2.54. The van der Waals surface area contributed by atoms with Gasteiger partial charge in [0.25, 0.3) is 0 Å². The molecule has 4 heterocycles. The summed E-state index contributed by atoms with van der Waals surface area (Å²) in [5.74, 6) is 0. The van der Waals surface area contributed by atoms with Crippen molar-refractivity contribution >= 4 is 83.3 Å². The summed E-state index contributed by atoms with van der Waals surface area (Å²) in [4.78, 5) is 5.63. The molecule has 0 fully saturated rings. The van der Waals surface area contributed by atoms with Crippen LogP contribution in [-0.4, -0.2) is 8.07 Å². The summed E-state index contributed by atoms with van der Waals surface area (Å²) in [7, 11) is -1.57. The van der Waals surface area contributed by atoms with E-state index in [4.69, 9.17) is 0 Å². The SMILES string of the molecule is CC(C)[Si](c1ccc(-c2ccc(-c3cc4sc(Br)cc4s3)s2)s1)(C(C)C)C(C)C. The molecule has 154 valence electrons. The van der Waals surface area contributed by atoms with Gasteiger partial charge in [0.05, 0.1) is 3.79 Å². The van der Waals surface area contributed by atoms with Gasteiger partial charge in [0, 0.05) is 28.9 Å². The fraction of sp³-hybridized carbons (Fsp3) is 0.391. The number of fused-ring (bicyclic) bond motifs is 1. The van der Waals surface area contributed by atoms with Crippen LogP contribution in [0.2, 0.25) is 16.6 Å². The second kappa shape index (κ2) is 8.36. The molecule has 29 heavy (non-hydrogen) atoms. The third-order valence-electron chi connectivity index (χ3n) is 6.17. The molecule has 4 rings (SSSR count). The van der Waals surface area contributed by atoms with Gasteiger partial charge in [0.2, 0.25) is 0 Å². The third-order valence-corrected chi connectivity index (χ3v) is 19.5. The first-order valence-corrected chi connectivity index (χ1v) is 16.4. The van der Waals surface area contributed by atoms with E-state index < -0.39 is 8.07 Å². The van der Waals surface area contributed by atoms with Crippen molar-refractivity contribution in [1.82, 2.24) is 0 Å². The molecule has 0 radical (unpaired) electrons. The summed E-state index contributed by atoms with van der Waals surface area (Å²) < 4.78 is 5.67. The van der Waals surface area contributed by atoms with E-state index in [-0.39, 0.29) is 0 Å². The molecule has 0 spiro atoms. The summed E-state index contributed by atoms with van der Waals surface area (Å²) in [6.07, 6.45) is 0. The Balaban J connectivity index is 1.69. The molecule has 6 heteroatoms. The summed E-state index contributed by atoms with van der Waals surface area (Å²) >= 11 is 11.3. The highest BCUT2D eigenvalue weighted by Gasteiger charge is 2.45. The number of hydrogen-bond acceptors (Lipinski definition) is 4. The Morgan fingerprint density at radius 2 is 1.14 bits per heavy atom. The Bertz CT molecular complexity index is 1070. The average Bonchev–Trinajstić information content (AvgIpc) is 3.35. The molecule has 0 aliphatic heterocycles. The molecule has 0 aliphatic rings. The lowest BCUT2D eigenvalue weighted by atomic mass is 10.3. The zero-order chi connectivity index (χ0) is 20.9. The van der Waals surface area contributed by atoms with E-state index in [1.165, 1.54) is 32.7 Å². The Morgan fingerprint density at radius 1 is 0.621 bits per heavy atom. The highest BCUT2D eigenvalue weighted by atomic mass is 79.9. The predicted octanol–water partition coefficient (Wildman–Crippen LogP) is 10.1. The van der Waals surface area contributed by atoms with Gasteiger partial charge >= 0.3 is 0 Å². The molecule has 0 bridgehead atoms. The number of thiophene rings is 4. The Hall–Kier alpha value is -0.243. The van der Waals surface area contributed by atoms with E-state index >= 15 is 0 Å². The van der Waals surface area contributed by atoms with Crippen molar-refractivity contribution < 1.29 is 0 Å². The topological polar surface area (TPSA) is 0 Å². The number of halogens is 1. The van der Waals surface area contributed by atoms with Gasteiger partial charge in [-0.1, -0.05) is 47.6 Å². The fourth-order valence-electron chi connectivity index (χ4n) is 5.09. The zero-order valence-electron chi connectivity index (χ0n) is 17.7. The van der Waals surface area contributed by atoms with Crippen molar-refractivity contribution in [2.75, 3.05) is 0 Å². The normalized spacial score (nSPS) is 12.9. The van der Waals surface area contributed by atoms with Crippen LogP contribution in [0.5, 0.6) is 0 Å². The summed E-state index contributed by atoms with van der Waals surface area (Å²) in [5.41, 5.74) is 2.27. The lowest BCUT2D eigenvalue weighted by Gasteiger charge is -2.42. The highest BCUT2D eigenvalue weighted by Crippen LogP contribution is 2.46. The van der Waals surface area contributed by atoms with E-state index in [0.717, 1.165) is 16.6 Å². The van der Waals surface area contributed by atoms with Crippen LogP contribution in [0.25, 0.3) is 28.9 Å². The van der Waals surface area contributed by atoms with Crippen LogP contribution in [0.3, 0.4) is 0 Å². The van der Waals surface area contributed by atoms with Gasteiger partial charge in [-0.2, -0.15) is 0 Å². The minimum absolute atomic E-state index is 0.756. The lowest BCUT2D eigenvalue weighted by molar-refractivity contribution is 0.837. The maximum atomic E-state index is 3.60. The molecule has 0 aromatic carbocycles. The van der Waals surface area contributed by atoms with Gasteiger partial charge in [-0.15, -0.1) is 45.3 Å². The van der Waals surface area contributed by atoms with Crippen molar-refractivity contribution in [2.45, 2.75) is 58.2 Å². The van der Waals surface area contributed by atoms with Gasteiger partial charge in [-0.3, -0.25) is 0 Å². The molecular formula is C23H27BrS4Si. The van der Waals surface area contributed by atoms with Crippen molar-refractivity contribution in [3.05, 3.63) is 40.2 Å². The van der Waals surface area contributed by atoms with E-state index in [0.29, 0.717) is 0 Å². The fourth-order valence-corrected chi connectivity index (χ4v) is 19.3. The van der Waals surface area contributed by atoms with Crippen LogP contribution in [0.15, 0.2) is 40.2 Å². The first kappa shape index (κ1) is 22.0. The van der Waals surface area contributed by atoms with Gasteiger partial charge in [-0.25, -0.2) is 0 Å². The largest absolute Gasteiger partial charge is 0.144 e. The first-order valence-electron chi connectivity index (χ1n) is 10.1. The molecule has 0 aliphatic carbocycles. The molecule has 0 amide bonds. The molecule has 0 N–H and O–H groups in total. The highest BCUT2D eigenvalue weighted by molar-refractivity contribution is 9.11. The molecule has 0 saturated carbocycles. The van der Waals surface area contributed by atoms with Crippen molar-refractivity contribution in [3.63, 3.8) is 0 Å². The molecule has 0 unspecified atom stereocenters. The second-order valence-corrected chi connectivity index (χ2v) is 20.6. The van der Waals surface area contributed by atoms with Crippen LogP contribution in [0.1, 0.15) is 41.5 Å². The maximum absolute atomic E-state index is 3.60. The number of hydrogen-bond donors (Lipinski definition) is 0. The van der Waals surface area contributed by atoms with Crippen LogP contribution in [-0.2, 0) is 0 Å². The van der Waals surface area contributed by atoms with Gasteiger partial charge in [0.1, 0.15) is 8.07 Å². The second-order valence-electron chi connectivity index (χ2n) is 8.61. The quantitative estimate of drug-likeness (QED) is 0.214. The monoisotopic (exact) mass is 538 g/mol. The van der Waals surface area contributed by atoms with E-state index in [1.807, 2.05) is 34.0 Å². The number of rotatable bonds is 6. The molecule has 0 atom stereocenters. The van der Waals surface area contributed by atoms with Crippen molar-refractivity contribution in [3.8, 4) is 19.5 Å². The Labute approximate surface area is 199 Å². The minimum atomic E-state index is -1.57. The van der Waals surface area contributed by atoms with Gasteiger partial charge < -0.3 is 0 Å². The molecule has 4 aromatic rings. The molecule has 4 aromatic heterocycles. The van der Waals surface area contributed by atoms with Crippen LogP contribution in [0.4, 0.5) is 0 Å². The van der Waals surface area contributed by atoms with Crippen LogP contribution in [0, 0.1) is 0 Å². The Morgan fingerprint density at radius 3 is 1.72 bits per heavy atom. The van der Waals surface area contributed by atoms with E-state index in [1.54, 1.807) is 4.50 Å². The van der Waals surface area contributed by atoms with Crippen molar-refractivity contribution in [2.24, 2.45) is 0 Å². The van der Waals surface area contributed by atoms with E-state index in [2.05, 4.69) is 105 Å². The average molecular weight is 540 g/mol. The molecule has 0 saturated heterocycles. The van der Waals surface area contributed by atoms with Crippen LogP contribution < -0.4 is 4.50 Å². The Kier molecular flexibility index (Phi) is 6.33. The first-order chi connectivity index (χ1) is 13.7. The van der Waals surface area contributed by atoms with Crippen LogP contribution >= 0.6 is 61.3 Å². The minimum Gasteiger partial charge on any atom is -0.144 e. The zero-order valence-corrected chi connectivity index (χ0v) is 23.6. The molecule has 0 nitrogen and oxygen atoms in total. The predicted molar refractivity (Wildman–Crippen MR) is 145 cm³/mol. The molecular weight excluding hydrogens is 513 g/mol. The summed E-state index contributed by atoms with van der Waals surface area (Å²) in [6.45, 7) is 14.7. The summed E-state index contributed by atoms with van der Waals surface area (Å²) in [5, 5.41) is 0. The van der Waals surface area contributed by atoms with E-state index in [9.17, 15) is 0 Å². The smallest absolute Gasteiger partial charge is 0.107 e. The maximum Gasteiger partial charge on any atom is 0.107 e. The van der Waals surface area contributed by atoms with Gasteiger partial charge in [0.15, 0.2) is 0 Å². The summed E-state index contributed by atoms with van der Waals surface area (Å²) in [6, 6.07) is 14.1. The van der Waals surface area contributed by atoms with Gasteiger partial charge in [-0.05, 0) is 67.4 Å². The standard InChI is InChI=1S/C23H27BrS4Si/c1-13(2)29(14(3)4,15(5)6)23-10-9-17(28-23)16-7-8-18(25-16)19-11-20-21(26-19)12-22(24)27-20/h7-15H,1-6H3. The third kappa shape index (κ3) is 3.78. The van der Waals surface area contributed by atoms with Crippen molar-refractivity contribution in [1.29, 1.82) is 0 Å².